The highest BCUT2D eigenvalue weighted by Gasteiger charge is 2.17. The van der Waals surface area contributed by atoms with Crippen molar-refractivity contribution in [1.82, 2.24) is 0 Å². The van der Waals surface area contributed by atoms with Gasteiger partial charge in [-0.25, -0.2) is 0 Å². The van der Waals surface area contributed by atoms with Crippen LogP contribution in [-0.4, -0.2) is 39.7 Å². The summed E-state index contributed by atoms with van der Waals surface area (Å²) in [6.07, 6.45) is -0.0209. The first-order valence-corrected chi connectivity index (χ1v) is 9.27. The van der Waals surface area contributed by atoms with Crippen molar-refractivity contribution in [3.63, 3.8) is 0 Å². The molecule has 29 heavy (non-hydrogen) atoms. The molecule has 2 aromatic carbocycles. The molecule has 0 saturated carbocycles. The van der Waals surface area contributed by atoms with Gasteiger partial charge in [0.25, 0.3) is 0 Å². The van der Waals surface area contributed by atoms with Crippen LogP contribution in [-0.2, 0) is 21.4 Å². The molecule has 0 aliphatic rings. The van der Waals surface area contributed by atoms with Crippen LogP contribution >= 0.6 is 0 Å². The number of rotatable bonds is 8. The van der Waals surface area contributed by atoms with Crippen LogP contribution in [0.3, 0.4) is 0 Å². The highest BCUT2D eigenvalue weighted by Crippen LogP contribution is 2.38. The Balaban J connectivity index is 2.00. The van der Waals surface area contributed by atoms with E-state index in [1.807, 2.05) is 12.1 Å². The van der Waals surface area contributed by atoms with Crippen LogP contribution in [0.5, 0.6) is 17.2 Å². The molecule has 0 aliphatic carbocycles. The Morgan fingerprint density at radius 3 is 1.86 bits per heavy atom. The zero-order valence-electron chi connectivity index (χ0n) is 17.8. The van der Waals surface area contributed by atoms with E-state index in [0.29, 0.717) is 28.4 Å². The van der Waals surface area contributed by atoms with Crippen LogP contribution in [0.1, 0.15) is 42.3 Å². The minimum atomic E-state index is -0.515. The average molecular weight is 400 g/mol. The molecular formula is C23H28O6. The van der Waals surface area contributed by atoms with Crippen molar-refractivity contribution in [3.8, 4) is 17.2 Å². The van der Waals surface area contributed by atoms with Crippen molar-refractivity contribution in [3.05, 3.63) is 53.1 Å². The first-order valence-electron chi connectivity index (χ1n) is 9.27. The summed E-state index contributed by atoms with van der Waals surface area (Å²) in [5.41, 5.74) is 2.28. The minimum Gasteiger partial charge on any atom is -0.493 e. The van der Waals surface area contributed by atoms with E-state index in [4.69, 9.17) is 18.9 Å². The van der Waals surface area contributed by atoms with Gasteiger partial charge in [-0.2, -0.15) is 0 Å². The SMILES string of the molecule is COc1cc(CC(=O)OCC(=O)c2ccc(C(C)(C)C)cc2)cc(OC)c1OC. The molecule has 2 aromatic rings. The fourth-order valence-corrected chi connectivity index (χ4v) is 2.84. The Bertz CT molecular complexity index is 837. The number of carbonyl (C=O) groups is 2. The Morgan fingerprint density at radius 1 is 0.862 bits per heavy atom. The van der Waals surface area contributed by atoms with Gasteiger partial charge < -0.3 is 18.9 Å². The van der Waals surface area contributed by atoms with Gasteiger partial charge in [0.2, 0.25) is 5.75 Å². The maximum Gasteiger partial charge on any atom is 0.310 e. The van der Waals surface area contributed by atoms with Crippen LogP contribution < -0.4 is 14.2 Å². The Labute approximate surface area is 171 Å². The van der Waals surface area contributed by atoms with E-state index < -0.39 is 5.97 Å². The molecule has 0 unspecified atom stereocenters. The molecule has 0 spiro atoms. The van der Waals surface area contributed by atoms with Crippen molar-refractivity contribution >= 4 is 11.8 Å². The van der Waals surface area contributed by atoms with Crippen molar-refractivity contribution in [1.29, 1.82) is 0 Å². The van der Waals surface area contributed by atoms with Crippen LogP contribution in [0.2, 0.25) is 0 Å². The third-order valence-electron chi connectivity index (χ3n) is 4.51. The number of ketones is 1. The smallest absolute Gasteiger partial charge is 0.310 e. The predicted octanol–water partition coefficient (Wildman–Crippen LogP) is 3.98. The zero-order valence-corrected chi connectivity index (χ0v) is 17.8. The van der Waals surface area contributed by atoms with Gasteiger partial charge >= 0.3 is 5.97 Å². The summed E-state index contributed by atoms with van der Waals surface area (Å²) in [6, 6.07) is 10.7. The molecule has 0 aliphatic heterocycles. The minimum absolute atomic E-state index is 0.00845. The highest BCUT2D eigenvalue weighted by molar-refractivity contribution is 5.98. The van der Waals surface area contributed by atoms with E-state index in [2.05, 4.69) is 20.8 Å². The number of hydrogen-bond acceptors (Lipinski definition) is 6. The summed E-state index contributed by atoms with van der Waals surface area (Å²) >= 11 is 0. The highest BCUT2D eigenvalue weighted by atomic mass is 16.5. The number of ether oxygens (including phenoxy) is 4. The number of carbonyl (C=O) groups excluding carboxylic acids is 2. The summed E-state index contributed by atoms with van der Waals surface area (Å²) in [7, 11) is 4.51. The van der Waals surface area contributed by atoms with Crippen LogP contribution in [0.4, 0.5) is 0 Å². The molecule has 0 atom stereocenters. The van der Waals surface area contributed by atoms with E-state index in [0.717, 1.165) is 5.56 Å². The normalized spacial score (nSPS) is 11.0. The van der Waals surface area contributed by atoms with E-state index in [9.17, 15) is 9.59 Å². The Morgan fingerprint density at radius 2 is 1.41 bits per heavy atom. The van der Waals surface area contributed by atoms with Crippen molar-refractivity contribution in [2.45, 2.75) is 32.6 Å². The molecule has 2 rings (SSSR count). The van der Waals surface area contributed by atoms with Crippen LogP contribution in [0.25, 0.3) is 0 Å². The second-order valence-electron chi connectivity index (χ2n) is 7.62. The van der Waals surface area contributed by atoms with Gasteiger partial charge in [0.15, 0.2) is 23.9 Å². The monoisotopic (exact) mass is 400 g/mol. The van der Waals surface area contributed by atoms with Crippen molar-refractivity contribution in [2.75, 3.05) is 27.9 Å². The summed E-state index contributed by atoms with van der Waals surface area (Å²) < 4.78 is 21.0. The van der Waals surface area contributed by atoms with E-state index in [-0.39, 0.29) is 24.2 Å². The maximum absolute atomic E-state index is 12.3. The van der Waals surface area contributed by atoms with E-state index in [1.165, 1.54) is 21.3 Å². The molecule has 0 heterocycles. The number of esters is 1. The van der Waals surface area contributed by atoms with E-state index in [1.54, 1.807) is 24.3 Å². The Kier molecular flexibility index (Phi) is 7.26. The van der Waals surface area contributed by atoms with Gasteiger partial charge in [-0.1, -0.05) is 45.0 Å². The van der Waals surface area contributed by atoms with Gasteiger partial charge in [0.1, 0.15) is 0 Å². The quantitative estimate of drug-likeness (QED) is 0.493. The standard InChI is InChI=1S/C23H28O6/c1-23(2,3)17-9-7-16(8-10-17)18(24)14-29-21(25)13-15-11-19(26-4)22(28-6)20(12-15)27-5/h7-12H,13-14H2,1-6H3. The molecule has 0 N–H and O–H groups in total. The largest absolute Gasteiger partial charge is 0.493 e. The third-order valence-corrected chi connectivity index (χ3v) is 4.51. The van der Waals surface area contributed by atoms with Gasteiger partial charge in [-0.15, -0.1) is 0 Å². The van der Waals surface area contributed by atoms with Crippen LogP contribution in [0, 0.1) is 0 Å². The lowest BCUT2D eigenvalue weighted by Gasteiger charge is -2.19. The number of benzene rings is 2. The van der Waals surface area contributed by atoms with Gasteiger partial charge in [-0.05, 0) is 28.7 Å². The van der Waals surface area contributed by atoms with Gasteiger partial charge in [0.05, 0.1) is 27.8 Å². The maximum atomic E-state index is 12.3. The number of methoxy groups -OCH3 is 3. The molecule has 0 radical (unpaired) electrons. The zero-order chi connectivity index (χ0) is 21.6. The fourth-order valence-electron chi connectivity index (χ4n) is 2.84. The lowest BCUT2D eigenvalue weighted by atomic mass is 9.86. The van der Waals surface area contributed by atoms with Gasteiger partial charge in [-0.3, -0.25) is 9.59 Å². The summed E-state index contributed by atoms with van der Waals surface area (Å²) in [5, 5.41) is 0. The first-order chi connectivity index (χ1) is 13.7. The number of Topliss-reactive ketones (excluding diaryl/α,β-unsaturated/α-hetero) is 1. The lowest BCUT2D eigenvalue weighted by molar-refractivity contribution is -0.141. The second-order valence-corrected chi connectivity index (χ2v) is 7.62. The summed E-state index contributed by atoms with van der Waals surface area (Å²) in [4.78, 5) is 24.5. The van der Waals surface area contributed by atoms with Crippen LogP contribution in [0.15, 0.2) is 36.4 Å². The molecule has 6 heteroatoms. The third kappa shape index (κ3) is 5.73. The molecule has 0 saturated heterocycles. The fraction of sp³-hybridized carbons (Fsp3) is 0.391. The predicted molar refractivity (Wildman–Crippen MR) is 110 cm³/mol. The van der Waals surface area contributed by atoms with Crippen molar-refractivity contribution in [2.24, 2.45) is 0 Å². The summed E-state index contributed by atoms with van der Waals surface area (Å²) in [6.45, 7) is 6.01. The molecular weight excluding hydrogens is 372 g/mol. The topological polar surface area (TPSA) is 71.1 Å². The molecule has 156 valence electrons. The van der Waals surface area contributed by atoms with Crippen molar-refractivity contribution < 1.29 is 28.5 Å². The second kappa shape index (κ2) is 9.45. The molecule has 0 bridgehead atoms. The molecule has 6 nitrogen and oxygen atoms in total. The lowest BCUT2D eigenvalue weighted by Crippen LogP contribution is -2.16. The summed E-state index contributed by atoms with van der Waals surface area (Å²) in [5.74, 6) is 0.581. The Hall–Kier alpha value is -3.02. The van der Waals surface area contributed by atoms with E-state index >= 15 is 0 Å². The molecule has 0 fully saturated rings. The molecule has 0 aromatic heterocycles. The average Bonchev–Trinajstić information content (AvgIpc) is 2.70. The number of hydrogen-bond donors (Lipinski definition) is 0. The molecule has 0 amide bonds. The first kappa shape index (κ1) is 22.3. The van der Waals surface area contributed by atoms with Gasteiger partial charge in [0, 0.05) is 5.56 Å².